The van der Waals surface area contributed by atoms with Gasteiger partial charge in [-0.2, -0.15) is 0 Å². The van der Waals surface area contributed by atoms with Gasteiger partial charge in [0.05, 0.1) is 0 Å². The molecule has 0 unspecified atom stereocenters. The zero-order valence-electron chi connectivity index (χ0n) is 15.5. The van der Waals surface area contributed by atoms with Crippen LogP contribution < -0.4 is 5.32 Å². The summed E-state index contributed by atoms with van der Waals surface area (Å²) in [5.74, 6) is -1.07. The maximum Gasteiger partial charge on any atom is 0.407 e. The average Bonchev–Trinajstić information content (AvgIpc) is 2.67. The zero-order chi connectivity index (χ0) is 19.7. The van der Waals surface area contributed by atoms with Crippen molar-refractivity contribution in [3.8, 4) is 0 Å². The molecule has 0 radical (unpaired) electrons. The minimum absolute atomic E-state index is 0.273. The zero-order valence-corrected chi connectivity index (χ0v) is 15.5. The molecule has 1 atom stereocenters. The fourth-order valence-electron chi connectivity index (χ4n) is 2.60. The Balaban J connectivity index is 1.92. The van der Waals surface area contributed by atoms with Gasteiger partial charge in [-0.15, -0.1) is 0 Å². The van der Waals surface area contributed by atoms with Gasteiger partial charge in [-0.05, 0) is 23.9 Å². The number of hydrogen-bond acceptors (Lipinski definition) is 4. The Morgan fingerprint density at radius 2 is 1.70 bits per heavy atom. The van der Waals surface area contributed by atoms with E-state index < -0.39 is 18.1 Å². The number of alkyl carbamates (subject to hydrolysis) is 1. The van der Waals surface area contributed by atoms with E-state index in [2.05, 4.69) is 15.3 Å². The number of unbranched alkanes of at least 4 members (excludes halogenated alkanes) is 6. The van der Waals surface area contributed by atoms with Gasteiger partial charge in [-0.1, -0.05) is 74.0 Å². The molecule has 1 rings (SSSR count). The molecular formula is C19H28N4O4. The Morgan fingerprint density at radius 3 is 2.33 bits per heavy atom. The van der Waals surface area contributed by atoms with Crippen molar-refractivity contribution in [2.75, 3.05) is 6.54 Å². The van der Waals surface area contributed by atoms with Crippen LogP contribution in [0.1, 0.15) is 56.9 Å². The molecule has 0 aliphatic carbocycles. The van der Waals surface area contributed by atoms with Crippen LogP contribution >= 0.6 is 0 Å². The topological polar surface area (TPSA) is 124 Å². The van der Waals surface area contributed by atoms with Crippen LogP contribution in [-0.4, -0.2) is 29.8 Å². The van der Waals surface area contributed by atoms with E-state index in [9.17, 15) is 9.59 Å². The number of carbonyl (C=O) groups is 2. The molecule has 0 aromatic heterocycles. The Kier molecular flexibility index (Phi) is 11.9. The van der Waals surface area contributed by atoms with Crippen molar-refractivity contribution in [1.82, 2.24) is 5.32 Å². The third-order valence-electron chi connectivity index (χ3n) is 4.11. The maximum absolute atomic E-state index is 11.6. The number of carbonyl (C=O) groups excluding carboxylic acids is 1. The molecule has 1 amide bonds. The lowest BCUT2D eigenvalue weighted by Gasteiger charge is -2.07. The van der Waals surface area contributed by atoms with Gasteiger partial charge >= 0.3 is 12.1 Å². The average molecular weight is 376 g/mol. The van der Waals surface area contributed by atoms with E-state index in [1.807, 2.05) is 30.3 Å². The highest BCUT2D eigenvalue weighted by Gasteiger charge is 2.14. The van der Waals surface area contributed by atoms with E-state index >= 15 is 0 Å². The highest BCUT2D eigenvalue weighted by Crippen LogP contribution is 2.11. The Bertz CT molecular complexity index is 601. The van der Waals surface area contributed by atoms with Crippen molar-refractivity contribution in [2.24, 2.45) is 5.11 Å². The number of rotatable bonds is 14. The minimum atomic E-state index is -1.07. The van der Waals surface area contributed by atoms with E-state index in [1.54, 1.807) is 0 Å². The fraction of sp³-hybridized carbons (Fsp3) is 0.579. The van der Waals surface area contributed by atoms with Crippen LogP contribution in [0.4, 0.5) is 4.79 Å². The number of aliphatic carboxylic acids is 1. The smallest absolute Gasteiger partial charge is 0.407 e. The minimum Gasteiger partial charge on any atom is -0.481 e. The van der Waals surface area contributed by atoms with Crippen molar-refractivity contribution in [3.63, 3.8) is 0 Å². The number of carboxylic acid groups (broad SMARTS) is 1. The van der Waals surface area contributed by atoms with E-state index in [4.69, 9.17) is 15.4 Å². The molecule has 0 fully saturated rings. The molecule has 0 bridgehead atoms. The van der Waals surface area contributed by atoms with Gasteiger partial charge in [0.25, 0.3) is 0 Å². The fourth-order valence-corrected chi connectivity index (χ4v) is 2.60. The summed E-state index contributed by atoms with van der Waals surface area (Å²) in [6.45, 7) is 0.870. The summed E-state index contributed by atoms with van der Waals surface area (Å²) in [7, 11) is 0. The second-order valence-electron chi connectivity index (χ2n) is 6.31. The maximum atomic E-state index is 11.6. The molecule has 8 heteroatoms. The van der Waals surface area contributed by atoms with E-state index in [0.29, 0.717) is 13.0 Å². The molecule has 148 valence electrons. The van der Waals surface area contributed by atoms with Crippen LogP contribution in [0, 0.1) is 0 Å². The lowest BCUT2D eigenvalue weighted by Crippen LogP contribution is -2.25. The van der Waals surface area contributed by atoms with Crippen LogP contribution in [-0.2, 0) is 16.1 Å². The number of carboxylic acids is 1. The quantitative estimate of drug-likeness (QED) is 0.209. The number of nitrogens with zero attached hydrogens (tertiary/aromatic N) is 3. The Morgan fingerprint density at radius 1 is 1.07 bits per heavy atom. The third kappa shape index (κ3) is 11.5. The second-order valence-corrected chi connectivity index (χ2v) is 6.31. The number of azide groups is 1. The lowest BCUT2D eigenvalue weighted by atomic mass is 10.1. The molecule has 0 aliphatic heterocycles. The predicted molar refractivity (Wildman–Crippen MR) is 102 cm³/mol. The number of nitrogens with one attached hydrogen (secondary N) is 1. The lowest BCUT2D eigenvalue weighted by molar-refractivity contribution is -0.138. The molecule has 1 aromatic carbocycles. The van der Waals surface area contributed by atoms with Gasteiger partial charge in [0.2, 0.25) is 0 Å². The number of ether oxygens (including phenoxy) is 1. The molecule has 0 aliphatic rings. The number of amides is 1. The van der Waals surface area contributed by atoms with Gasteiger partial charge in [0, 0.05) is 11.5 Å². The van der Waals surface area contributed by atoms with E-state index in [-0.39, 0.29) is 6.61 Å². The SMILES string of the molecule is [N-]=[N+]=N[C@@H](CCCCCCCCCNC(=O)OCc1ccccc1)C(=O)O. The predicted octanol–water partition coefficient (Wildman–Crippen LogP) is 4.80. The van der Waals surface area contributed by atoms with Crippen molar-refractivity contribution in [1.29, 1.82) is 0 Å². The summed E-state index contributed by atoms with van der Waals surface area (Å²) in [5.41, 5.74) is 9.27. The van der Waals surface area contributed by atoms with Crippen LogP contribution in [0.3, 0.4) is 0 Å². The van der Waals surface area contributed by atoms with Crippen LogP contribution in [0.5, 0.6) is 0 Å². The van der Waals surface area contributed by atoms with Gasteiger partial charge in [0.1, 0.15) is 12.6 Å². The third-order valence-corrected chi connectivity index (χ3v) is 4.11. The van der Waals surface area contributed by atoms with Gasteiger partial charge < -0.3 is 15.2 Å². The summed E-state index contributed by atoms with van der Waals surface area (Å²) in [6.07, 6.45) is 6.74. The highest BCUT2D eigenvalue weighted by atomic mass is 16.5. The highest BCUT2D eigenvalue weighted by molar-refractivity contribution is 5.73. The van der Waals surface area contributed by atoms with Crippen molar-refractivity contribution < 1.29 is 19.4 Å². The summed E-state index contributed by atoms with van der Waals surface area (Å²) in [4.78, 5) is 24.9. The molecule has 8 nitrogen and oxygen atoms in total. The largest absolute Gasteiger partial charge is 0.481 e. The van der Waals surface area contributed by atoms with Crippen molar-refractivity contribution in [2.45, 2.75) is 64.0 Å². The van der Waals surface area contributed by atoms with Crippen molar-refractivity contribution >= 4 is 12.1 Å². The van der Waals surface area contributed by atoms with Crippen molar-refractivity contribution in [3.05, 3.63) is 46.3 Å². The first-order valence-electron chi connectivity index (χ1n) is 9.35. The summed E-state index contributed by atoms with van der Waals surface area (Å²) in [5, 5.41) is 14.9. The van der Waals surface area contributed by atoms with Gasteiger partial charge in [-0.25, -0.2) is 4.79 Å². The van der Waals surface area contributed by atoms with E-state index in [0.717, 1.165) is 50.5 Å². The number of benzene rings is 1. The molecular weight excluding hydrogens is 348 g/mol. The van der Waals surface area contributed by atoms with E-state index in [1.165, 1.54) is 0 Å². The first-order chi connectivity index (χ1) is 13.1. The molecule has 0 saturated heterocycles. The van der Waals surface area contributed by atoms with Crippen LogP contribution in [0.2, 0.25) is 0 Å². The Hall–Kier alpha value is -2.73. The second kappa shape index (κ2) is 14.4. The molecule has 27 heavy (non-hydrogen) atoms. The standard InChI is InChI=1S/C19H28N4O4/c20-23-22-17(18(24)25)13-9-4-2-1-3-5-10-14-21-19(26)27-15-16-11-7-6-8-12-16/h6-8,11-12,17H,1-5,9-10,13-15H2,(H,21,26)(H,24,25)/t17-/m0/s1. The van der Waals surface area contributed by atoms with Gasteiger partial charge in [0.15, 0.2) is 0 Å². The molecule has 1 aromatic rings. The normalized spacial score (nSPS) is 11.3. The van der Waals surface area contributed by atoms with Crippen LogP contribution in [0.15, 0.2) is 35.4 Å². The monoisotopic (exact) mass is 376 g/mol. The summed E-state index contributed by atoms with van der Waals surface area (Å²) in [6, 6.07) is 8.59. The number of hydrogen-bond donors (Lipinski definition) is 2. The molecule has 0 heterocycles. The van der Waals surface area contributed by atoms with Crippen LogP contribution in [0.25, 0.3) is 10.4 Å². The first-order valence-corrected chi connectivity index (χ1v) is 9.35. The summed E-state index contributed by atoms with van der Waals surface area (Å²) >= 11 is 0. The molecule has 2 N–H and O–H groups in total. The molecule has 0 spiro atoms. The Labute approximate surface area is 159 Å². The molecule has 0 saturated carbocycles. The summed E-state index contributed by atoms with van der Waals surface area (Å²) < 4.78 is 5.13. The van der Waals surface area contributed by atoms with Gasteiger partial charge in [-0.3, -0.25) is 4.79 Å². The first kappa shape index (κ1) is 22.3.